The monoisotopic (exact) mass is 259 g/mol. The van der Waals surface area contributed by atoms with E-state index in [0.717, 1.165) is 0 Å². The molecule has 0 radical (unpaired) electrons. The highest BCUT2D eigenvalue weighted by Crippen LogP contribution is 2.25. The first-order valence-electron chi connectivity index (χ1n) is 4.87. The molecule has 88 valence electrons. The van der Waals surface area contributed by atoms with Gasteiger partial charge in [-0.2, -0.15) is 0 Å². The molecule has 1 rings (SSSR count). The molecule has 3 N–H and O–H groups in total. The Balaban J connectivity index is 2.72. The first-order valence-corrected chi connectivity index (χ1v) is 5.66. The summed E-state index contributed by atoms with van der Waals surface area (Å²) in [4.78, 5) is 0.303. The normalized spacial score (nSPS) is 12.2. The van der Waals surface area contributed by atoms with Gasteiger partial charge in [0.2, 0.25) is 0 Å². The molecule has 0 saturated carbocycles. The Kier molecular flexibility index (Phi) is 4.99. The van der Waals surface area contributed by atoms with Crippen molar-refractivity contribution in [3.8, 4) is 5.75 Å². The lowest BCUT2D eigenvalue weighted by atomic mass is 10.2. The highest BCUT2D eigenvalue weighted by Gasteiger charge is 2.06. The van der Waals surface area contributed by atoms with Crippen molar-refractivity contribution in [3.63, 3.8) is 0 Å². The zero-order valence-electron chi connectivity index (χ0n) is 8.94. The minimum atomic E-state index is 0.0753. The Hall–Kier alpha value is -0.840. The third-order valence-electron chi connectivity index (χ3n) is 2.05. The van der Waals surface area contributed by atoms with Crippen LogP contribution in [0.25, 0.3) is 0 Å². The van der Waals surface area contributed by atoms with Crippen LogP contribution in [-0.4, -0.2) is 23.3 Å². The highest BCUT2D eigenvalue weighted by molar-refractivity contribution is 7.80. The second-order valence-corrected chi connectivity index (χ2v) is 4.46. The van der Waals surface area contributed by atoms with Gasteiger partial charge >= 0.3 is 0 Å². The van der Waals surface area contributed by atoms with E-state index in [4.69, 9.17) is 39.4 Å². The van der Waals surface area contributed by atoms with Crippen molar-refractivity contribution in [1.29, 1.82) is 0 Å². The third kappa shape index (κ3) is 3.63. The molecule has 0 amide bonds. The van der Waals surface area contributed by atoms with Gasteiger partial charge in [0.05, 0.1) is 11.6 Å². The summed E-state index contributed by atoms with van der Waals surface area (Å²) in [5.74, 6) is 0.647. The van der Waals surface area contributed by atoms with Gasteiger partial charge in [-0.15, -0.1) is 0 Å². The van der Waals surface area contributed by atoms with Crippen LogP contribution in [0.3, 0.4) is 0 Å². The Labute approximate surface area is 105 Å². The van der Waals surface area contributed by atoms with Crippen LogP contribution in [0.2, 0.25) is 5.02 Å². The third-order valence-corrected chi connectivity index (χ3v) is 2.58. The quantitative estimate of drug-likeness (QED) is 0.794. The summed E-state index contributed by atoms with van der Waals surface area (Å²) in [5.41, 5.74) is 6.19. The van der Waals surface area contributed by atoms with Crippen LogP contribution in [0.15, 0.2) is 18.2 Å². The molecule has 0 aliphatic carbocycles. The molecule has 1 unspecified atom stereocenters. The van der Waals surface area contributed by atoms with Gasteiger partial charge in [-0.25, -0.2) is 0 Å². The van der Waals surface area contributed by atoms with Crippen LogP contribution < -0.4 is 10.5 Å². The van der Waals surface area contributed by atoms with Crippen molar-refractivity contribution in [2.45, 2.75) is 6.92 Å². The second kappa shape index (κ2) is 6.03. The number of rotatable bonds is 5. The van der Waals surface area contributed by atoms with E-state index < -0.39 is 0 Å². The van der Waals surface area contributed by atoms with Crippen molar-refractivity contribution in [3.05, 3.63) is 28.8 Å². The Bertz CT molecular complexity index is 384. The molecule has 0 bridgehead atoms. The summed E-state index contributed by atoms with van der Waals surface area (Å²) in [6.45, 7) is 2.39. The highest BCUT2D eigenvalue weighted by atomic mass is 35.5. The zero-order valence-corrected chi connectivity index (χ0v) is 10.5. The number of benzene rings is 1. The molecular formula is C11H14ClNO2S. The van der Waals surface area contributed by atoms with Crippen LogP contribution in [-0.2, 0) is 0 Å². The van der Waals surface area contributed by atoms with Gasteiger partial charge in [-0.3, -0.25) is 0 Å². The standard InChI is InChI=1S/C11H14ClNO2S/c1-7(5-14)6-15-10-3-2-8(11(13)16)4-9(10)12/h2-4,7,14H,5-6H2,1H3,(H2,13,16). The molecule has 0 aliphatic rings. The van der Waals surface area contributed by atoms with Crippen molar-refractivity contribution in [1.82, 2.24) is 0 Å². The average Bonchev–Trinajstić information content (AvgIpc) is 2.26. The molecule has 0 spiro atoms. The first-order chi connectivity index (χ1) is 7.54. The fourth-order valence-electron chi connectivity index (χ4n) is 1.06. The zero-order chi connectivity index (χ0) is 12.1. The summed E-state index contributed by atoms with van der Waals surface area (Å²) in [7, 11) is 0. The maximum atomic E-state index is 8.85. The number of halogens is 1. The summed E-state index contributed by atoms with van der Waals surface area (Å²) >= 11 is 10.8. The van der Waals surface area contributed by atoms with Gasteiger partial charge in [-0.05, 0) is 18.2 Å². The molecule has 1 aromatic carbocycles. The lowest BCUT2D eigenvalue weighted by molar-refractivity contribution is 0.174. The van der Waals surface area contributed by atoms with Gasteiger partial charge in [0, 0.05) is 18.1 Å². The van der Waals surface area contributed by atoms with E-state index in [1.165, 1.54) is 0 Å². The van der Waals surface area contributed by atoms with E-state index in [9.17, 15) is 0 Å². The van der Waals surface area contributed by atoms with Crippen LogP contribution in [0.5, 0.6) is 5.75 Å². The van der Waals surface area contributed by atoms with E-state index in [1.807, 2.05) is 6.92 Å². The Morgan fingerprint density at radius 2 is 2.31 bits per heavy atom. The van der Waals surface area contributed by atoms with E-state index >= 15 is 0 Å². The maximum Gasteiger partial charge on any atom is 0.137 e. The Morgan fingerprint density at radius 1 is 1.62 bits per heavy atom. The molecule has 1 atom stereocenters. The lowest BCUT2D eigenvalue weighted by Crippen LogP contribution is -2.13. The maximum absolute atomic E-state index is 8.85. The van der Waals surface area contributed by atoms with Crippen LogP contribution in [0.4, 0.5) is 0 Å². The molecule has 5 heteroatoms. The topological polar surface area (TPSA) is 55.5 Å². The lowest BCUT2D eigenvalue weighted by Gasteiger charge is -2.12. The number of nitrogens with two attached hydrogens (primary N) is 1. The predicted molar refractivity (Wildman–Crippen MR) is 69.1 cm³/mol. The molecular weight excluding hydrogens is 246 g/mol. The van der Waals surface area contributed by atoms with E-state index in [-0.39, 0.29) is 12.5 Å². The summed E-state index contributed by atoms with van der Waals surface area (Å²) in [6, 6.07) is 5.15. The van der Waals surface area contributed by atoms with Crippen LogP contribution in [0, 0.1) is 5.92 Å². The van der Waals surface area contributed by atoms with Gasteiger partial charge in [-0.1, -0.05) is 30.7 Å². The fraction of sp³-hybridized carbons (Fsp3) is 0.364. The smallest absolute Gasteiger partial charge is 0.137 e. The number of hydrogen-bond acceptors (Lipinski definition) is 3. The first kappa shape index (κ1) is 13.2. The van der Waals surface area contributed by atoms with Gasteiger partial charge in [0.25, 0.3) is 0 Å². The number of ether oxygens (including phenoxy) is 1. The SMILES string of the molecule is CC(CO)COc1ccc(C(N)=S)cc1Cl. The number of aliphatic hydroxyl groups excluding tert-OH is 1. The molecule has 0 heterocycles. The number of hydrogen-bond donors (Lipinski definition) is 2. The van der Waals surface area contributed by atoms with E-state index in [2.05, 4.69) is 0 Å². The number of aliphatic hydroxyl groups is 1. The molecule has 0 saturated heterocycles. The molecule has 1 aromatic rings. The Morgan fingerprint density at radius 3 is 2.81 bits per heavy atom. The fourth-order valence-corrected chi connectivity index (χ4v) is 1.42. The second-order valence-electron chi connectivity index (χ2n) is 3.61. The molecule has 0 aliphatic heterocycles. The van der Waals surface area contributed by atoms with Crippen LogP contribution >= 0.6 is 23.8 Å². The van der Waals surface area contributed by atoms with E-state index in [1.54, 1.807) is 18.2 Å². The average molecular weight is 260 g/mol. The van der Waals surface area contributed by atoms with Crippen LogP contribution in [0.1, 0.15) is 12.5 Å². The minimum absolute atomic E-state index is 0.0753. The summed E-state index contributed by atoms with van der Waals surface area (Å²) in [6.07, 6.45) is 0. The van der Waals surface area contributed by atoms with Gasteiger partial charge in [0.15, 0.2) is 0 Å². The largest absolute Gasteiger partial charge is 0.492 e. The van der Waals surface area contributed by atoms with Crippen molar-refractivity contribution in [2.75, 3.05) is 13.2 Å². The molecule has 0 fully saturated rings. The van der Waals surface area contributed by atoms with Crippen molar-refractivity contribution < 1.29 is 9.84 Å². The van der Waals surface area contributed by atoms with Crippen molar-refractivity contribution >= 4 is 28.8 Å². The molecule has 3 nitrogen and oxygen atoms in total. The molecule has 0 aromatic heterocycles. The van der Waals surface area contributed by atoms with Crippen molar-refractivity contribution in [2.24, 2.45) is 11.7 Å². The van der Waals surface area contributed by atoms with Gasteiger partial charge < -0.3 is 15.6 Å². The van der Waals surface area contributed by atoms with Gasteiger partial charge in [0.1, 0.15) is 10.7 Å². The molecule has 16 heavy (non-hydrogen) atoms. The minimum Gasteiger partial charge on any atom is -0.492 e. The summed E-state index contributed by atoms with van der Waals surface area (Å²) in [5, 5.41) is 9.32. The summed E-state index contributed by atoms with van der Waals surface area (Å²) < 4.78 is 5.45. The van der Waals surface area contributed by atoms with E-state index in [0.29, 0.717) is 27.9 Å². The number of thiocarbonyl (C=S) groups is 1. The predicted octanol–water partition coefficient (Wildman–Crippen LogP) is 1.98.